The number of thiazole rings is 1. The van der Waals surface area contributed by atoms with Crippen molar-refractivity contribution in [3.8, 4) is 10.6 Å². The van der Waals surface area contributed by atoms with Crippen LogP contribution >= 0.6 is 11.3 Å². The lowest BCUT2D eigenvalue weighted by molar-refractivity contribution is 0.946. The van der Waals surface area contributed by atoms with Crippen molar-refractivity contribution in [3.05, 3.63) is 23.8 Å². The average molecular weight is 220 g/mol. The molecule has 0 radical (unpaired) electrons. The molecule has 15 heavy (non-hydrogen) atoms. The number of nitrogens with one attached hydrogen (secondary N) is 1. The van der Waals surface area contributed by atoms with Crippen molar-refractivity contribution in [2.75, 3.05) is 11.9 Å². The van der Waals surface area contributed by atoms with E-state index in [0.29, 0.717) is 0 Å². The normalized spacial score (nSPS) is 10.2. The maximum absolute atomic E-state index is 4.13. The van der Waals surface area contributed by atoms with Gasteiger partial charge in [-0.3, -0.25) is 4.98 Å². The molecule has 1 N–H and O–H groups in total. The van der Waals surface area contributed by atoms with E-state index in [1.54, 1.807) is 23.0 Å². The van der Waals surface area contributed by atoms with Gasteiger partial charge < -0.3 is 5.32 Å². The molecule has 0 aliphatic rings. The molecule has 0 atom stereocenters. The second-order valence-electron chi connectivity index (χ2n) is 3.10. The van der Waals surface area contributed by atoms with Crippen molar-refractivity contribution in [1.29, 1.82) is 0 Å². The first-order chi connectivity index (χ1) is 7.40. The molecule has 0 saturated carbocycles. The van der Waals surface area contributed by atoms with E-state index in [2.05, 4.69) is 27.4 Å². The lowest BCUT2D eigenvalue weighted by atomic mass is 10.3. The highest BCUT2D eigenvalue weighted by molar-refractivity contribution is 7.13. The van der Waals surface area contributed by atoms with Crippen molar-refractivity contribution in [2.45, 2.75) is 13.3 Å². The van der Waals surface area contributed by atoms with Gasteiger partial charge in [0, 0.05) is 12.7 Å². The molecular weight excluding hydrogens is 208 g/mol. The molecule has 78 valence electrons. The average Bonchev–Trinajstić information content (AvgIpc) is 2.80. The van der Waals surface area contributed by atoms with E-state index in [-0.39, 0.29) is 0 Å². The van der Waals surface area contributed by atoms with Gasteiger partial charge in [0.2, 0.25) is 0 Å². The van der Waals surface area contributed by atoms with Gasteiger partial charge in [0.05, 0.1) is 10.4 Å². The Bertz CT molecular complexity index is 396. The monoisotopic (exact) mass is 220 g/mol. The molecule has 2 heterocycles. The smallest absolute Gasteiger partial charge is 0.148 e. The number of rotatable bonds is 4. The number of aromatic nitrogens is 3. The van der Waals surface area contributed by atoms with Gasteiger partial charge >= 0.3 is 0 Å². The van der Waals surface area contributed by atoms with Gasteiger partial charge in [-0.1, -0.05) is 6.92 Å². The van der Waals surface area contributed by atoms with Crippen LogP contribution in [-0.2, 0) is 0 Å². The Kier molecular flexibility index (Phi) is 3.24. The fraction of sp³-hybridized carbons (Fsp3) is 0.300. The van der Waals surface area contributed by atoms with Gasteiger partial charge in [-0.05, 0) is 18.6 Å². The number of anilines is 1. The summed E-state index contributed by atoms with van der Waals surface area (Å²) in [5, 5.41) is 11.4. The molecule has 0 amide bonds. The van der Waals surface area contributed by atoms with Gasteiger partial charge in [0.15, 0.2) is 0 Å². The summed E-state index contributed by atoms with van der Waals surface area (Å²) in [7, 11) is 0. The van der Waals surface area contributed by atoms with E-state index in [0.717, 1.165) is 29.4 Å². The van der Waals surface area contributed by atoms with Crippen LogP contribution in [0.15, 0.2) is 23.8 Å². The molecular formula is C10H12N4S. The fourth-order valence-electron chi connectivity index (χ4n) is 1.15. The highest BCUT2D eigenvalue weighted by Gasteiger charge is 2.01. The zero-order chi connectivity index (χ0) is 10.5. The molecule has 2 aromatic heterocycles. The first kappa shape index (κ1) is 10.0. The molecule has 0 unspecified atom stereocenters. The molecule has 0 saturated heterocycles. The molecule has 0 spiro atoms. The number of hydrogen-bond donors (Lipinski definition) is 1. The summed E-state index contributed by atoms with van der Waals surface area (Å²) < 4.78 is 0. The highest BCUT2D eigenvalue weighted by atomic mass is 32.1. The molecule has 0 aliphatic carbocycles. The molecule has 2 aromatic rings. The Labute approximate surface area is 92.4 Å². The van der Waals surface area contributed by atoms with Crippen LogP contribution in [-0.4, -0.2) is 21.7 Å². The summed E-state index contributed by atoms with van der Waals surface area (Å²) >= 11 is 1.57. The lowest BCUT2D eigenvalue weighted by Gasteiger charge is -2.02. The maximum Gasteiger partial charge on any atom is 0.148 e. The summed E-state index contributed by atoms with van der Waals surface area (Å²) in [6.45, 7) is 3.04. The third-order valence-electron chi connectivity index (χ3n) is 1.91. The van der Waals surface area contributed by atoms with E-state index >= 15 is 0 Å². The van der Waals surface area contributed by atoms with Crippen molar-refractivity contribution >= 4 is 17.2 Å². The van der Waals surface area contributed by atoms with E-state index in [9.17, 15) is 0 Å². The van der Waals surface area contributed by atoms with Crippen molar-refractivity contribution < 1.29 is 0 Å². The molecule has 0 bridgehead atoms. The van der Waals surface area contributed by atoms with Crippen molar-refractivity contribution in [3.63, 3.8) is 0 Å². The predicted octanol–water partition coefficient (Wildman–Crippen LogP) is 2.42. The Morgan fingerprint density at radius 1 is 1.33 bits per heavy atom. The van der Waals surface area contributed by atoms with Crippen LogP contribution in [0.1, 0.15) is 13.3 Å². The topological polar surface area (TPSA) is 50.7 Å². The van der Waals surface area contributed by atoms with E-state index in [4.69, 9.17) is 0 Å². The minimum Gasteiger partial charge on any atom is -0.369 e. The zero-order valence-electron chi connectivity index (χ0n) is 8.47. The third kappa shape index (κ3) is 2.50. The van der Waals surface area contributed by atoms with Crippen LogP contribution in [0.5, 0.6) is 0 Å². The molecule has 5 heteroatoms. The summed E-state index contributed by atoms with van der Waals surface area (Å²) in [4.78, 5) is 5.05. The Morgan fingerprint density at radius 3 is 2.87 bits per heavy atom. The summed E-state index contributed by atoms with van der Waals surface area (Å²) in [5.41, 5.74) is 2.67. The van der Waals surface area contributed by atoms with Gasteiger partial charge in [0.25, 0.3) is 0 Å². The second kappa shape index (κ2) is 4.84. The van der Waals surface area contributed by atoms with E-state index in [1.807, 2.05) is 12.1 Å². The largest absolute Gasteiger partial charge is 0.369 e. The van der Waals surface area contributed by atoms with Gasteiger partial charge in [-0.15, -0.1) is 21.5 Å². The summed E-state index contributed by atoms with van der Waals surface area (Å²) in [5.74, 6) is 0.824. The Morgan fingerprint density at radius 2 is 2.27 bits per heavy atom. The molecule has 0 aromatic carbocycles. The predicted molar refractivity (Wildman–Crippen MR) is 61.9 cm³/mol. The van der Waals surface area contributed by atoms with E-state index < -0.39 is 0 Å². The van der Waals surface area contributed by atoms with Gasteiger partial charge in [0.1, 0.15) is 11.5 Å². The fourth-order valence-corrected chi connectivity index (χ4v) is 1.74. The SMILES string of the molecule is CCCNc1ccc(-c2cncs2)nn1. The van der Waals surface area contributed by atoms with Crippen LogP contribution in [0, 0.1) is 0 Å². The quantitative estimate of drug-likeness (QED) is 0.859. The highest BCUT2D eigenvalue weighted by Crippen LogP contribution is 2.20. The first-order valence-electron chi connectivity index (χ1n) is 4.86. The second-order valence-corrected chi connectivity index (χ2v) is 3.98. The van der Waals surface area contributed by atoms with Crippen LogP contribution in [0.4, 0.5) is 5.82 Å². The van der Waals surface area contributed by atoms with Crippen LogP contribution in [0.25, 0.3) is 10.6 Å². The van der Waals surface area contributed by atoms with E-state index in [1.165, 1.54) is 0 Å². The first-order valence-corrected chi connectivity index (χ1v) is 5.74. The Balaban J connectivity index is 2.11. The number of nitrogens with zero attached hydrogens (tertiary/aromatic N) is 3. The number of hydrogen-bond acceptors (Lipinski definition) is 5. The van der Waals surface area contributed by atoms with Crippen molar-refractivity contribution in [1.82, 2.24) is 15.2 Å². The minimum atomic E-state index is 0.824. The van der Waals surface area contributed by atoms with Crippen LogP contribution in [0.2, 0.25) is 0 Å². The summed E-state index contributed by atoms with van der Waals surface area (Å²) in [6.07, 6.45) is 2.88. The third-order valence-corrected chi connectivity index (χ3v) is 2.70. The van der Waals surface area contributed by atoms with Gasteiger partial charge in [-0.2, -0.15) is 0 Å². The summed E-state index contributed by atoms with van der Waals surface area (Å²) in [6, 6.07) is 3.90. The van der Waals surface area contributed by atoms with Gasteiger partial charge in [-0.25, -0.2) is 0 Å². The van der Waals surface area contributed by atoms with Crippen LogP contribution < -0.4 is 5.32 Å². The lowest BCUT2D eigenvalue weighted by Crippen LogP contribution is -2.02. The molecule has 0 fully saturated rings. The maximum atomic E-state index is 4.13. The van der Waals surface area contributed by atoms with Crippen molar-refractivity contribution in [2.24, 2.45) is 0 Å². The molecule has 0 aliphatic heterocycles. The Hall–Kier alpha value is -1.49. The van der Waals surface area contributed by atoms with Crippen LogP contribution in [0.3, 0.4) is 0 Å². The molecule has 4 nitrogen and oxygen atoms in total. The molecule has 2 rings (SSSR count). The standard InChI is InChI=1S/C10H12N4S/c1-2-5-12-10-4-3-8(13-14-10)9-6-11-7-15-9/h3-4,6-7H,2,5H2,1H3,(H,12,14). The zero-order valence-corrected chi connectivity index (χ0v) is 9.29. The minimum absolute atomic E-state index is 0.824.